The van der Waals surface area contributed by atoms with Gasteiger partial charge in [-0.15, -0.1) is 0 Å². The predicted molar refractivity (Wildman–Crippen MR) is 78.2 cm³/mol. The van der Waals surface area contributed by atoms with E-state index in [1.807, 2.05) is 24.9 Å². The van der Waals surface area contributed by atoms with E-state index in [2.05, 4.69) is 21.5 Å². The molecule has 4 nitrogen and oxygen atoms in total. The summed E-state index contributed by atoms with van der Waals surface area (Å²) in [5.41, 5.74) is 2.54. The van der Waals surface area contributed by atoms with Gasteiger partial charge < -0.3 is 8.98 Å². The van der Waals surface area contributed by atoms with Crippen molar-refractivity contribution in [2.75, 3.05) is 7.05 Å². The number of imidazole rings is 1. The molecular weight excluding hydrogens is 250 g/mol. The second kappa shape index (κ2) is 6.27. The number of hydrogen-bond acceptors (Lipinski definition) is 3. The lowest BCUT2D eigenvalue weighted by Crippen LogP contribution is -2.21. The van der Waals surface area contributed by atoms with Gasteiger partial charge in [-0.3, -0.25) is 4.90 Å². The Kier molecular flexibility index (Phi) is 4.21. The Morgan fingerprint density at radius 1 is 1.30 bits per heavy atom. The minimum atomic E-state index is 0.656. The smallest absolute Gasteiger partial charge is 0.0951 e. The fourth-order valence-electron chi connectivity index (χ4n) is 3.17. The zero-order valence-electron chi connectivity index (χ0n) is 12.2. The standard InChI is InChI=1S/C16H23N3O/c1-18(10-14-7-8-20-12-14)11-16-9-17-13-19(16)15-5-3-2-4-6-15/h7-9,12-13,15H,2-6,10-11H2,1H3. The third-order valence-electron chi connectivity index (χ3n) is 4.18. The molecule has 1 aliphatic rings. The van der Waals surface area contributed by atoms with Crippen LogP contribution in [0.4, 0.5) is 0 Å². The van der Waals surface area contributed by atoms with Crippen molar-refractivity contribution in [1.82, 2.24) is 14.5 Å². The lowest BCUT2D eigenvalue weighted by atomic mass is 9.95. The van der Waals surface area contributed by atoms with E-state index in [0.717, 1.165) is 13.1 Å². The first-order valence-electron chi connectivity index (χ1n) is 7.53. The average Bonchev–Trinajstić information content (AvgIpc) is 3.11. The maximum absolute atomic E-state index is 5.13. The largest absolute Gasteiger partial charge is 0.472 e. The van der Waals surface area contributed by atoms with Gasteiger partial charge in [0.2, 0.25) is 0 Å². The molecule has 20 heavy (non-hydrogen) atoms. The first kappa shape index (κ1) is 13.4. The van der Waals surface area contributed by atoms with Gasteiger partial charge in [0.25, 0.3) is 0 Å². The first-order valence-corrected chi connectivity index (χ1v) is 7.53. The molecule has 0 spiro atoms. The van der Waals surface area contributed by atoms with Crippen LogP contribution in [0.25, 0.3) is 0 Å². The molecule has 2 aromatic rings. The van der Waals surface area contributed by atoms with Gasteiger partial charge in [0.1, 0.15) is 0 Å². The van der Waals surface area contributed by atoms with Gasteiger partial charge in [-0.25, -0.2) is 4.98 Å². The van der Waals surface area contributed by atoms with E-state index in [4.69, 9.17) is 4.42 Å². The van der Waals surface area contributed by atoms with Crippen molar-refractivity contribution in [2.24, 2.45) is 0 Å². The van der Waals surface area contributed by atoms with Crippen LogP contribution in [0.2, 0.25) is 0 Å². The van der Waals surface area contributed by atoms with E-state index in [-0.39, 0.29) is 0 Å². The van der Waals surface area contributed by atoms with E-state index >= 15 is 0 Å². The summed E-state index contributed by atoms with van der Waals surface area (Å²) in [6.07, 6.45) is 14.3. The van der Waals surface area contributed by atoms with Gasteiger partial charge in [-0.05, 0) is 26.0 Å². The zero-order chi connectivity index (χ0) is 13.8. The van der Waals surface area contributed by atoms with Crippen molar-refractivity contribution < 1.29 is 4.42 Å². The number of furan rings is 1. The third kappa shape index (κ3) is 3.12. The van der Waals surface area contributed by atoms with Gasteiger partial charge in [0, 0.05) is 30.9 Å². The number of aromatic nitrogens is 2. The van der Waals surface area contributed by atoms with Crippen LogP contribution in [-0.4, -0.2) is 21.5 Å². The average molecular weight is 273 g/mol. The summed E-state index contributed by atoms with van der Waals surface area (Å²) in [5, 5.41) is 0. The highest BCUT2D eigenvalue weighted by molar-refractivity contribution is 5.06. The Labute approximate surface area is 120 Å². The van der Waals surface area contributed by atoms with Crippen LogP contribution < -0.4 is 0 Å². The number of nitrogens with zero attached hydrogens (tertiary/aromatic N) is 3. The molecule has 1 saturated carbocycles. The van der Waals surface area contributed by atoms with Crippen LogP contribution in [0.15, 0.2) is 35.5 Å². The SMILES string of the molecule is CN(Cc1ccoc1)Cc1cncn1C1CCCCC1. The Balaban J connectivity index is 1.63. The molecule has 0 amide bonds. The molecule has 0 bridgehead atoms. The van der Waals surface area contributed by atoms with Gasteiger partial charge in [0.05, 0.1) is 24.5 Å². The maximum Gasteiger partial charge on any atom is 0.0951 e. The lowest BCUT2D eigenvalue weighted by Gasteiger charge is -2.26. The second-order valence-corrected chi connectivity index (χ2v) is 5.89. The molecule has 0 atom stereocenters. The van der Waals surface area contributed by atoms with Crippen LogP contribution in [0, 0.1) is 0 Å². The topological polar surface area (TPSA) is 34.2 Å². The number of rotatable bonds is 5. The van der Waals surface area contributed by atoms with Crippen molar-refractivity contribution in [3.63, 3.8) is 0 Å². The van der Waals surface area contributed by atoms with Crippen LogP contribution in [0.5, 0.6) is 0 Å². The van der Waals surface area contributed by atoms with Gasteiger partial charge in [0.15, 0.2) is 0 Å². The molecule has 0 saturated heterocycles. The van der Waals surface area contributed by atoms with Crippen LogP contribution >= 0.6 is 0 Å². The molecule has 4 heteroatoms. The highest BCUT2D eigenvalue weighted by Gasteiger charge is 2.18. The first-order chi connectivity index (χ1) is 9.83. The summed E-state index contributed by atoms with van der Waals surface area (Å²) >= 11 is 0. The Morgan fingerprint density at radius 2 is 2.15 bits per heavy atom. The van der Waals surface area contributed by atoms with E-state index in [0.29, 0.717) is 6.04 Å². The highest BCUT2D eigenvalue weighted by Crippen LogP contribution is 2.29. The normalized spacial score (nSPS) is 16.9. The third-order valence-corrected chi connectivity index (χ3v) is 4.18. The summed E-state index contributed by atoms with van der Waals surface area (Å²) < 4.78 is 7.52. The fraction of sp³-hybridized carbons (Fsp3) is 0.562. The monoisotopic (exact) mass is 273 g/mol. The predicted octanol–water partition coefficient (Wildman–Crippen LogP) is 3.61. The van der Waals surface area contributed by atoms with Crippen molar-refractivity contribution in [1.29, 1.82) is 0 Å². The molecule has 2 heterocycles. The van der Waals surface area contributed by atoms with Gasteiger partial charge in [-0.1, -0.05) is 19.3 Å². The maximum atomic E-state index is 5.13. The van der Waals surface area contributed by atoms with Crippen molar-refractivity contribution >= 4 is 0 Å². The van der Waals surface area contributed by atoms with Crippen molar-refractivity contribution in [3.8, 4) is 0 Å². The van der Waals surface area contributed by atoms with Crippen LogP contribution in [-0.2, 0) is 13.1 Å². The fourth-order valence-corrected chi connectivity index (χ4v) is 3.17. The summed E-state index contributed by atoms with van der Waals surface area (Å²) in [6.45, 7) is 1.84. The molecule has 0 unspecified atom stereocenters. The minimum Gasteiger partial charge on any atom is -0.472 e. The highest BCUT2D eigenvalue weighted by atomic mass is 16.3. The quantitative estimate of drug-likeness (QED) is 0.834. The van der Waals surface area contributed by atoms with E-state index in [1.54, 1.807) is 6.26 Å². The lowest BCUT2D eigenvalue weighted by molar-refractivity contribution is 0.290. The zero-order valence-corrected chi connectivity index (χ0v) is 12.2. The second-order valence-electron chi connectivity index (χ2n) is 5.89. The molecule has 0 N–H and O–H groups in total. The van der Waals surface area contributed by atoms with Gasteiger partial charge in [-0.2, -0.15) is 0 Å². The molecule has 1 fully saturated rings. The molecule has 0 aromatic carbocycles. The summed E-state index contributed by atoms with van der Waals surface area (Å²) in [4.78, 5) is 6.67. The summed E-state index contributed by atoms with van der Waals surface area (Å²) in [5.74, 6) is 0. The molecule has 3 rings (SSSR count). The van der Waals surface area contributed by atoms with Crippen molar-refractivity contribution in [3.05, 3.63) is 42.4 Å². The molecule has 0 aliphatic heterocycles. The van der Waals surface area contributed by atoms with Crippen molar-refractivity contribution in [2.45, 2.75) is 51.2 Å². The molecule has 2 aromatic heterocycles. The number of hydrogen-bond donors (Lipinski definition) is 0. The Morgan fingerprint density at radius 3 is 2.90 bits per heavy atom. The van der Waals surface area contributed by atoms with E-state index < -0.39 is 0 Å². The van der Waals surface area contributed by atoms with Crippen LogP contribution in [0.3, 0.4) is 0 Å². The summed E-state index contributed by atoms with van der Waals surface area (Å²) in [7, 11) is 2.14. The minimum absolute atomic E-state index is 0.656. The Hall–Kier alpha value is -1.55. The molecule has 0 radical (unpaired) electrons. The van der Waals surface area contributed by atoms with E-state index in [9.17, 15) is 0 Å². The molecular formula is C16H23N3O. The molecule has 1 aliphatic carbocycles. The Bertz CT molecular complexity index is 512. The van der Waals surface area contributed by atoms with E-state index in [1.165, 1.54) is 43.4 Å². The van der Waals surface area contributed by atoms with Gasteiger partial charge >= 0.3 is 0 Å². The molecule has 108 valence electrons. The summed E-state index contributed by atoms with van der Waals surface area (Å²) in [6, 6.07) is 2.68. The van der Waals surface area contributed by atoms with Crippen LogP contribution in [0.1, 0.15) is 49.4 Å².